The molecule has 0 radical (unpaired) electrons. The van der Waals surface area contributed by atoms with Crippen molar-refractivity contribution in [3.05, 3.63) is 62.2 Å². The van der Waals surface area contributed by atoms with Gasteiger partial charge in [0.05, 0.1) is 72.4 Å². The molecule has 0 saturated carbocycles. The van der Waals surface area contributed by atoms with Gasteiger partial charge in [-0.3, -0.25) is 9.98 Å². The molecule has 18 heteroatoms. The summed E-state index contributed by atoms with van der Waals surface area (Å²) in [6.45, 7) is 13.9. The molecule has 2 saturated heterocycles. The molecule has 4 amide bonds. The Morgan fingerprint density at radius 1 is 0.737 bits per heavy atom. The normalized spacial score (nSPS) is 22.9. The molecule has 0 unspecified atom stereocenters. The third-order valence-electron chi connectivity index (χ3n) is 10.9. The highest BCUT2D eigenvalue weighted by molar-refractivity contribution is 7.19. The number of anilines is 2. The SMILES string of the molecule is C[C@@H]1CN(C(=O)N2CCc3c(sc4ncnc(Cl)c34)C2)C[C@H](C)O1.C[C@@H]1CN(C(=O)N2CCc3c(sc4ncnc(Nc5cnc6c(c5)C=NC6)c34)C2)C[C@H](C)O1. The summed E-state index contributed by atoms with van der Waals surface area (Å²) < 4.78 is 11.5. The highest BCUT2D eigenvalue weighted by Gasteiger charge is 2.34. The molecule has 5 aromatic rings. The van der Waals surface area contributed by atoms with Crippen LogP contribution in [0.25, 0.3) is 20.4 Å². The van der Waals surface area contributed by atoms with E-state index >= 15 is 0 Å². The van der Waals surface area contributed by atoms with Crippen molar-refractivity contribution in [1.82, 2.24) is 44.5 Å². The molecule has 57 heavy (non-hydrogen) atoms. The van der Waals surface area contributed by atoms with Gasteiger partial charge in [-0.05, 0) is 57.7 Å². The monoisotopic (exact) mass is 829 g/mol. The highest BCUT2D eigenvalue weighted by atomic mass is 35.5. The van der Waals surface area contributed by atoms with Crippen molar-refractivity contribution >= 4 is 84.5 Å². The average Bonchev–Trinajstić information content (AvgIpc) is 3.92. The number of hydrogen-bond acceptors (Lipinski definition) is 13. The first-order valence-corrected chi connectivity index (χ1v) is 21.4. The number of nitrogens with one attached hydrogen (secondary N) is 1. The fourth-order valence-corrected chi connectivity index (χ4v) is 11.2. The topological polar surface area (TPSA) is 154 Å². The van der Waals surface area contributed by atoms with Crippen molar-refractivity contribution in [2.75, 3.05) is 44.6 Å². The molecular formula is C39H44ClN11O4S2. The molecule has 0 aliphatic carbocycles. The molecule has 298 valence electrons. The number of halogens is 1. The first kappa shape index (κ1) is 38.0. The van der Waals surface area contributed by atoms with E-state index in [2.05, 4.69) is 41.3 Å². The van der Waals surface area contributed by atoms with Crippen LogP contribution in [-0.2, 0) is 41.9 Å². The number of ether oxygens (including phenoxy) is 2. The minimum Gasteiger partial charge on any atom is -0.372 e. The van der Waals surface area contributed by atoms with E-state index < -0.39 is 0 Å². The fourth-order valence-electron chi connectivity index (χ4n) is 8.50. The van der Waals surface area contributed by atoms with Gasteiger partial charge < -0.3 is 34.4 Å². The van der Waals surface area contributed by atoms with E-state index in [9.17, 15) is 9.59 Å². The molecule has 1 N–H and O–H groups in total. The summed E-state index contributed by atoms with van der Waals surface area (Å²) in [5.41, 5.74) is 5.36. The maximum absolute atomic E-state index is 13.2. The lowest BCUT2D eigenvalue weighted by Gasteiger charge is -2.39. The lowest BCUT2D eigenvalue weighted by molar-refractivity contribution is -0.0586. The Morgan fingerprint density at radius 3 is 1.88 bits per heavy atom. The van der Waals surface area contributed by atoms with Crippen molar-refractivity contribution in [3.63, 3.8) is 0 Å². The Bertz CT molecular complexity index is 2370. The Kier molecular flexibility index (Phi) is 10.4. The Balaban J connectivity index is 0.000000156. The first-order valence-electron chi connectivity index (χ1n) is 19.4. The second kappa shape index (κ2) is 15.7. The van der Waals surface area contributed by atoms with Gasteiger partial charge in [0, 0.05) is 60.8 Å². The maximum atomic E-state index is 13.2. The van der Waals surface area contributed by atoms with Crippen molar-refractivity contribution in [1.29, 1.82) is 0 Å². The summed E-state index contributed by atoms with van der Waals surface area (Å²) in [7, 11) is 0. The van der Waals surface area contributed by atoms with Crippen LogP contribution in [0.15, 0.2) is 29.9 Å². The number of nitrogens with zero attached hydrogens (tertiary/aromatic N) is 10. The third kappa shape index (κ3) is 7.63. The predicted octanol–water partition coefficient (Wildman–Crippen LogP) is 6.28. The number of hydrogen-bond donors (Lipinski definition) is 1. The van der Waals surface area contributed by atoms with Crippen LogP contribution in [0, 0.1) is 0 Å². The van der Waals surface area contributed by atoms with Gasteiger partial charge in [0.15, 0.2) is 0 Å². The molecule has 0 spiro atoms. The Hall–Kier alpha value is -4.55. The minimum atomic E-state index is 0.0614. The molecule has 5 aliphatic heterocycles. The number of morpholine rings is 2. The summed E-state index contributed by atoms with van der Waals surface area (Å²) in [5, 5.41) is 5.95. The largest absolute Gasteiger partial charge is 0.372 e. The smallest absolute Gasteiger partial charge is 0.320 e. The van der Waals surface area contributed by atoms with Gasteiger partial charge in [-0.2, -0.15) is 0 Å². The summed E-state index contributed by atoms with van der Waals surface area (Å²) in [4.78, 5) is 64.3. The highest BCUT2D eigenvalue weighted by Crippen LogP contribution is 2.39. The standard InChI is InChI=1S/C23H25N7O2S.C16H19ClN4O2S/c1-13-9-30(10-14(2)32-13)23(31)29-4-3-17-19(11-29)33-22-20(17)21(26-12-27-22)28-16-5-15-6-24-8-18(15)25-7-16;1-9-5-21(6-10(2)23-9)16(22)20-4-3-11-12(7-20)24-15-13(11)14(17)18-8-19-15/h5-7,12-14H,3-4,8-11H2,1-2H3,(H,26,27,28);8-10H,3-7H2,1-2H3/t13-,14+;9-,10+. The van der Waals surface area contributed by atoms with Crippen LogP contribution in [0.1, 0.15) is 59.8 Å². The number of carbonyl (C=O) groups is 2. The van der Waals surface area contributed by atoms with Crippen LogP contribution < -0.4 is 5.32 Å². The predicted molar refractivity (Wildman–Crippen MR) is 221 cm³/mol. The van der Waals surface area contributed by atoms with Crippen molar-refractivity contribution in [3.8, 4) is 0 Å². The van der Waals surface area contributed by atoms with Gasteiger partial charge in [-0.1, -0.05) is 11.6 Å². The number of fused-ring (bicyclic) bond motifs is 7. The number of thiophene rings is 2. The summed E-state index contributed by atoms with van der Waals surface area (Å²) in [5.74, 6) is 0.782. The van der Waals surface area contributed by atoms with Gasteiger partial charge in [0.1, 0.15) is 33.3 Å². The van der Waals surface area contributed by atoms with Gasteiger partial charge in [-0.15, -0.1) is 22.7 Å². The number of carbonyl (C=O) groups excluding carboxylic acids is 2. The van der Waals surface area contributed by atoms with Crippen LogP contribution in [0.5, 0.6) is 0 Å². The van der Waals surface area contributed by atoms with Gasteiger partial charge in [-0.25, -0.2) is 29.5 Å². The second-order valence-electron chi connectivity index (χ2n) is 15.3. The molecular weight excluding hydrogens is 786 g/mol. The van der Waals surface area contributed by atoms with Gasteiger partial charge in [0.2, 0.25) is 0 Å². The van der Waals surface area contributed by atoms with Crippen LogP contribution in [-0.4, -0.2) is 126 Å². The van der Waals surface area contributed by atoms with Crippen LogP contribution >= 0.6 is 34.3 Å². The molecule has 2 fully saturated rings. The van der Waals surface area contributed by atoms with Crippen LogP contribution in [0.4, 0.5) is 21.1 Å². The van der Waals surface area contributed by atoms with Gasteiger partial charge >= 0.3 is 12.1 Å². The van der Waals surface area contributed by atoms with E-state index in [-0.39, 0.29) is 36.5 Å². The number of rotatable bonds is 2. The van der Waals surface area contributed by atoms with Crippen molar-refractivity contribution in [2.24, 2.45) is 4.99 Å². The molecule has 15 nitrogen and oxygen atoms in total. The van der Waals surface area contributed by atoms with E-state index in [1.807, 2.05) is 59.7 Å². The first-order chi connectivity index (χ1) is 27.6. The average molecular weight is 830 g/mol. The molecule has 0 aromatic carbocycles. The zero-order chi connectivity index (χ0) is 39.4. The lowest BCUT2D eigenvalue weighted by atomic mass is 10.0. The molecule has 10 rings (SSSR count). The summed E-state index contributed by atoms with van der Waals surface area (Å²) in [6, 6.07) is 2.24. The molecule has 5 aromatic heterocycles. The number of urea groups is 2. The van der Waals surface area contributed by atoms with E-state index in [0.29, 0.717) is 64.1 Å². The second-order valence-corrected chi connectivity index (χ2v) is 17.9. The Labute approximate surface area is 343 Å². The van der Waals surface area contributed by atoms with Gasteiger partial charge in [0.25, 0.3) is 0 Å². The number of pyridine rings is 1. The zero-order valence-electron chi connectivity index (χ0n) is 32.3. The number of aliphatic imine (C=N–C) groups is 1. The summed E-state index contributed by atoms with van der Waals surface area (Å²) >= 11 is 9.50. The lowest BCUT2D eigenvalue weighted by Crippen LogP contribution is -2.53. The molecule has 5 aliphatic rings. The van der Waals surface area contributed by atoms with E-state index in [0.717, 1.165) is 56.0 Å². The Morgan fingerprint density at radius 2 is 1.28 bits per heavy atom. The van der Waals surface area contributed by atoms with Crippen LogP contribution in [0.2, 0.25) is 5.15 Å². The van der Waals surface area contributed by atoms with Crippen LogP contribution in [0.3, 0.4) is 0 Å². The van der Waals surface area contributed by atoms with E-state index in [1.54, 1.807) is 29.0 Å². The van der Waals surface area contributed by atoms with Crippen molar-refractivity contribution < 1.29 is 19.1 Å². The van der Waals surface area contributed by atoms with E-state index in [4.69, 9.17) is 21.1 Å². The molecule has 10 heterocycles. The summed E-state index contributed by atoms with van der Waals surface area (Å²) in [6.07, 6.45) is 8.63. The number of amides is 4. The quantitative estimate of drug-likeness (QED) is 0.201. The molecule has 4 atom stereocenters. The fraction of sp³-hybridized carbons (Fsp3) is 0.487. The molecule has 0 bridgehead atoms. The third-order valence-corrected chi connectivity index (χ3v) is 13.4. The maximum Gasteiger partial charge on any atom is 0.320 e. The zero-order valence-corrected chi connectivity index (χ0v) is 34.7. The minimum absolute atomic E-state index is 0.0614. The van der Waals surface area contributed by atoms with Crippen molar-refractivity contribution in [2.45, 2.75) is 84.6 Å². The number of aromatic nitrogens is 5. The van der Waals surface area contributed by atoms with E-state index in [1.165, 1.54) is 27.2 Å².